The summed E-state index contributed by atoms with van der Waals surface area (Å²) in [4.78, 5) is 24.3. The molecule has 0 aliphatic rings. The number of carbonyl (C=O) groups excluding carboxylic acids is 2. The van der Waals surface area contributed by atoms with Crippen LogP contribution in [0.3, 0.4) is 0 Å². The van der Waals surface area contributed by atoms with Crippen LogP contribution in [0, 0.1) is 0 Å². The fourth-order valence-electron chi connectivity index (χ4n) is 3.91. The van der Waals surface area contributed by atoms with Crippen LogP contribution in [0.5, 0.6) is 11.5 Å². The van der Waals surface area contributed by atoms with Gasteiger partial charge in [0.15, 0.2) is 22.9 Å². The van der Waals surface area contributed by atoms with E-state index in [-0.39, 0.29) is 34.6 Å². The lowest BCUT2D eigenvalue weighted by molar-refractivity contribution is -0.134. The van der Waals surface area contributed by atoms with Gasteiger partial charge in [-0.1, -0.05) is 82.6 Å². The number of ketones is 1. The first kappa shape index (κ1) is 22.9. The summed E-state index contributed by atoms with van der Waals surface area (Å²) in [5.74, 6) is -0.193. The molecule has 31 heavy (non-hydrogen) atoms. The first-order chi connectivity index (χ1) is 15.0. The Morgan fingerprint density at radius 2 is 1.52 bits per heavy atom. The number of hydrogen-bond acceptors (Lipinski definition) is 5. The number of unbranched alkanes of at least 4 members (excludes halogenated alkanes) is 8. The quantitative estimate of drug-likeness (QED) is 0.143. The molecule has 0 bridgehead atoms. The zero-order valence-electron chi connectivity index (χ0n) is 18.5. The summed E-state index contributed by atoms with van der Waals surface area (Å²) in [6.45, 7) is 3.61. The molecule has 2 aromatic carbocycles. The lowest BCUT2D eigenvalue weighted by Crippen LogP contribution is -2.08. The topological polar surface area (TPSA) is 76.7 Å². The van der Waals surface area contributed by atoms with E-state index in [0.29, 0.717) is 22.6 Å². The maximum Gasteiger partial charge on any atom is 0.311 e. The highest BCUT2D eigenvalue weighted by atomic mass is 16.5. The van der Waals surface area contributed by atoms with E-state index >= 15 is 0 Å². The molecule has 0 saturated heterocycles. The third-order valence-corrected chi connectivity index (χ3v) is 5.67. The Balaban J connectivity index is 1.65. The van der Waals surface area contributed by atoms with Crippen LogP contribution in [0.15, 0.2) is 34.7 Å². The van der Waals surface area contributed by atoms with Crippen LogP contribution in [-0.2, 0) is 4.79 Å². The summed E-state index contributed by atoms with van der Waals surface area (Å²) >= 11 is 0. The minimum Gasteiger partial charge on any atom is -0.507 e. The number of aromatic hydroxyl groups is 1. The molecule has 0 radical (unpaired) electrons. The van der Waals surface area contributed by atoms with Gasteiger partial charge in [0.25, 0.3) is 0 Å². The molecule has 0 unspecified atom stereocenters. The zero-order chi connectivity index (χ0) is 22.2. The summed E-state index contributed by atoms with van der Waals surface area (Å²) in [6.07, 6.45) is 10.9. The molecule has 0 amide bonds. The Hall–Kier alpha value is -2.82. The summed E-state index contributed by atoms with van der Waals surface area (Å²) < 4.78 is 11.4. The van der Waals surface area contributed by atoms with Crippen molar-refractivity contribution >= 4 is 33.5 Å². The molecule has 5 nitrogen and oxygen atoms in total. The highest BCUT2D eigenvalue weighted by Crippen LogP contribution is 2.43. The van der Waals surface area contributed by atoms with Gasteiger partial charge in [0.1, 0.15) is 5.75 Å². The number of hydrogen-bond donors (Lipinski definition) is 1. The third-order valence-electron chi connectivity index (χ3n) is 5.67. The molecule has 3 rings (SSSR count). The van der Waals surface area contributed by atoms with Gasteiger partial charge < -0.3 is 14.3 Å². The van der Waals surface area contributed by atoms with Crippen molar-refractivity contribution in [3.05, 3.63) is 36.1 Å². The Morgan fingerprint density at radius 3 is 2.16 bits per heavy atom. The number of rotatable bonds is 12. The number of ether oxygens (including phenoxy) is 1. The van der Waals surface area contributed by atoms with Gasteiger partial charge in [-0.3, -0.25) is 9.59 Å². The second kappa shape index (κ2) is 11.0. The SMILES string of the molecule is CCCCCCCCCCCC(=O)Oc1c2ccccc2c(O)c2cc(C(C)=O)oc12. The number of esters is 1. The average molecular weight is 425 g/mol. The Kier molecular flexibility index (Phi) is 8.10. The fraction of sp³-hybridized carbons (Fsp3) is 0.462. The highest BCUT2D eigenvalue weighted by molar-refractivity contribution is 6.11. The molecule has 0 fully saturated rings. The summed E-state index contributed by atoms with van der Waals surface area (Å²) in [5.41, 5.74) is 0.224. The molecular formula is C26H32O5. The summed E-state index contributed by atoms with van der Waals surface area (Å²) in [5, 5.41) is 12.1. The maximum absolute atomic E-state index is 12.5. The lowest BCUT2D eigenvalue weighted by atomic mass is 10.0. The van der Waals surface area contributed by atoms with Crippen molar-refractivity contribution in [2.45, 2.75) is 78.1 Å². The summed E-state index contributed by atoms with van der Waals surface area (Å²) in [6, 6.07) is 8.62. The molecule has 0 saturated carbocycles. The standard InChI is InChI=1S/C26H32O5/c1-3-4-5-6-7-8-9-10-11-16-23(28)31-25-20-15-13-12-14-19(20)24(29)21-17-22(18(2)27)30-26(21)25/h12-15,17,29H,3-11,16H2,1-2H3. The highest BCUT2D eigenvalue weighted by Gasteiger charge is 2.22. The molecule has 1 heterocycles. The lowest BCUT2D eigenvalue weighted by Gasteiger charge is -2.10. The smallest absolute Gasteiger partial charge is 0.311 e. The fourth-order valence-corrected chi connectivity index (χ4v) is 3.91. The van der Waals surface area contributed by atoms with Crippen LogP contribution in [-0.4, -0.2) is 16.9 Å². The van der Waals surface area contributed by atoms with Crippen LogP contribution < -0.4 is 4.74 Å². The second-order valence-electron chi connectivity index (χ2n) is 8.19. The van der Waals surface area contributed by atoms with Crippen molar-refractivity contribution in [2.24, 2.45) is 0 Å². The predicted molar refractivity (Wildman–Crippen MR) is 123 cm³/mol. The minimum absolute atomic E-state index is 0.0144. The number of Topliss-reactive ketones (excluding diaryl/α,β-unsaturated/α-hetero) is 1. The van der Waals surface area contributed by atoms with Crippen molar-refractivity contribution in [3.63, 3.8) is 0 Å². The van der Waals surface area contributed by atoms with Gasteiger partial charge in [-0.2, -0.15) is 0 Å². The molecule has 0 spiro atoms. The van der Waals surface area contributed by atoms with Gasteiger partial charge in [0, 0.05) is 24.1 Å². The van der Waals surface area contributed by atoms with Crippen molar-refractivity contribution in [1.82, 2.24) is 0 Å². The zero-order valence-corrected chi connectivity index (χ0v) is 18.5. The molecule has 3 aromatic rings. The van der Waals surface area contributed by atoms with Crippen molar-refractivity contribution < 1.29 is 23.8 Å². The van der Waals surface area contributed by atoms with E-state index in [4.69, 9.17) is 9.15 Å². The molecule has 5 heteroatoms. The van der Waals surface area contributed by atoms with Gasteiger partial charge >= 0.3 is 5.97 Å². The molecular weight excluding hydrogens is 392 g/mol. The molecule has 1 aromatic heterocycles. The summed E-state index contributed by atoms with van der Waals surface area (Å²) in [7, 11) is 0. The largest absolute Gasteiger partial charge is 0.507 e. The van der Waals surface area contributed by atoms with Crippen molar-refractivity contribution in [3.8, 4) is 11.5 Å². The number of benzene rings is 2. The number of furan rings is 1. The molecule has 0 aliphatic heterocycles. The van der Waals surface area contributed by atoms with E-state index < -0.39 is 0 Å². The first-order valence-electron chi connectivity index (χ1n) is 11.4. The van der Waals surface area contributed by atoms with E-state index in [0.717, 1.165) is 19.3 Å². The van der Waals surface area contributed by atoms with Crippen molar-refractivity contribution in [2.75, 3.05) is 0 Å². The van der Waals surface area contributed by atoms with Crippen LogP contribution in [0.4, 0.5) is 0 Å². The van der Waals surface area contributed by atoms with E-state index in [9.17, 15) is 14.7 Å². The molecule has 0 aliphatic carbocycles. The maximum atomic E-state index is 12.5. The Morgan fingerprint density at radius 1 is 0.903 bits per heavy atom. The van der Waals surface area contributed by atoms with Crippen LogP contribution >= 0.6 is 0 Å². The van der Waals surface area contributed by atoms with E-state index in [2.05, 4.69) is 6.92 Å². The van der Waals surface area contributed by atoms with Gasteiger partial charge in [-0.25, -0.2) is 0 Å². The van der Waals surface area contributed by atoms with E-state index in [1.54, 1.807) is 24.3 Å². The second-order valence-corrected chi connectivity index (χ2v) is 8.19. The van der Waals surface area contributed by atoms with Gasteiger partial charge in [0.05, 0.1) is 5.39 Å². The van der Waals surface area contributed by atoms with Crippen LogP contribution in [0.1, 0.15) is 88.6 Å². The van der Waals surface area contributed by atoms with Crippen LogP contribution in [0.2, 0.25) is 0 Å². The van der Waals surface area contributed by atoms with E-state index in [1.807, 2.05) is 0 Å². The molecule has 0 atom stereocenters. The number of carbonyl (C=O) groups is 2. The monoisotopic (exact) mass is 424 g/mol. The van der Waals surface area contributed by atoms with E-state index in [1.165, 1.54) is 51.5 Å². The number of phenolic OH excluding ortho intramolecular Hbond substituents is 1. The number of phenols is 1. The van der Waals surface area contributed by atoms with Gasteiger partial charge in [0.2, 0.25) is 0 Å². The van der Waals surface area contributed by atoms with Gasteiger partial charge in [-0.05, 0) is 12.5 Å². The van der Waals surface area contributed by atoms with Crippen LogP contribution in [0.25, 0.3) is 21.7 Å². The van der Waals surface area contributed by atoms with Crippen molar-refractivity contribution in [1.29, 1.82) is 0 Å². The molecule has 166 valence electrons. The Labute approximate surface area is 183 Å². The minimum atomic E-state index is -0.333. The predicted octanol–water partition coefficient (Wildman–Crippen LogP) is 7.32. The Bertz CT molecular complexity index is 1050. The first-order valence-corrected chi connectivity index (χ1v) is 11.4. The molecule has 1 N–H and O–H groups in total. The number of fused-ring (bicyclic) bond motifs is 2. The average Bonchev–Trinajstić information content (AvgIpc) is 3.22. The normalized spacial score (nSPS) is 11.3. The third kappa shape index (κ3) is 5.66. The van der Waals surface area contributed by atoms with Gasteiger partial charge in [-0.15, -0.1) is 0 Å².